The second-order valence-corrected chi connectivity index (χ2v) is 6.61. The van der Waals surface area contributed by atoms with E-state index in [9.17, 15) is 14.4 Å². The van der Waals surface area contributed by atoms with Gasteiger partial charge in [-0.3, -0.25) is 19.7 Å². The predicted octanol–water partition coefficient (Wildman–Crippen LogP) is 0.510. The van der Waals surface area contributed by atoms with Crippen LogP contribution < -0.4 is 11.1 Å². The van der Waals surface area contributed by atoms with Gasteiger partial charge in [-0.2, -0.15) is 0 Å². The van der Waals surface area contributed by atoms with Gasteiger partial charge in [0, 0.05) is 18.5 Å². The van der Waals surface area contributed by atoms with Crippen LogP contribution in [0.15, 0.2) is 18.2 Å². The number of fused-ring (bicyclic) bond motifs is 1. The molecule has 6 heteroatoms. The van der Waals surface area contributed by atoms with Crippen molar-refractivity contribution in [3.05, 3.63) is 34.9 Å². The Labute approximate surface area is 134 Å². The fourth-order valence-electron chi connectivity index (χ4n) is 3.85. The zero-order valence-corrected chi connectivity index (χ0v) is 12.7. The van der Waals surface area contributed by atoms with Gasteiger partial charge < -0.3 is 10.6 Å². The van der Waals surface area contributed by atoms with Crippen molar-refractivity contribution in [3.63, 3.8) is 0 Å². The zero-order chi connectivity index (χ0) is 16.1. The number of nitrogens with one attached hydrogen (secondary N) is 1. The summed E-state index contributed by atoms with van der Waals surface area (Å²) in [4.78, 5) is 37.7. The number of benzene rings is 1. The van der Waals surface area contributed by atoms with Crippen molar-refractivity contribution < 1.29 is 14.4 Å². The van der Waals surface area contributed by atoms with E-state index in [1.165, 1.54) is 5.56 Å². The molecule has 4 rings (SSSR count). The first-order chi connectivity index (χ1) is 11.1. The molecule has 1 saturated carbocycles. The van der Waals surface area contributed by atoms with Gasteiger partial charge in [0.25, 0.3) is 5.91 Å². The summed E-state index contributed by atoms with van der Waals surface area (Å²) < 4.78 is 0. The molecular formula is C17H19N3O3. The molecule has 3 aliphatic rings. The van der Waals surface area contributed by atoms with E-state index in [4.69, 9.17) is 5.73 Å². The van der Waals surface area contributed by atoms with Crippen LogP contribution in [0.3, 0.4) is 0 Å². The van der Waals surface area contributed by atoms with Crippen LogP contribution in [0.4, 0.5) is 0 Å². The molecule has 3 N–H and O–H groups in total. The minimum atomic E-state index is -0.551. The van der Waals surface area contributed by atoms with Gasteiger partial charge in [0.05, 0.1) is 0 Å². The minimum absolute atomic E-state index is 0.110. The minimum Gasteiger partial charge on any atom is -0.330 e. The lowest BCUT2D eigenvalue weighted by atomic mass is 9.98. The second-order valence-electron chi connectivity index (χ2n) is 6.61. The molecule has 1 saturated heterocycles. The molecule has 0 bridgehead atoms. The number of hydrogen-bond donors (Lipinski definition) is 2. The van der Waals surface area contributed by atoms with Crippen molar-refractivity contribution in [2.45, 2.75) is 37.8 Å². The Morgan fingerprint density at radius 3 is 2.78 bits per heavy atom. The van der Waals surface area contributed by atoms with Gasteiger partial charge >= 0.3 is 0 Å². The summed E-state index contributed by atoms with van der Waals surface area (Å²) >= 11 is 0. The first kappa shape index (κ1) is 14.4. The van der Waals surface area contributed by atoms with Crippen LogP contribution in [0, 0.1) is 5.92 Å². The molecule has 0 aromatic heterocycles. The van der Waals surface area contributed by atoms with Crippen LogP contribution in [-0.2, 0) is 16.1 Å². The molecule has 1 unspecified atom stereocenters. The van der Waals surface area contributed by atoms with Gasteiger partial charge in [-0.25, -0.2) is 0 Å². The van der Waals surface area contributed by atoms with Crippen LogP contribution in [0.2, 0.25) is 0 Å². The van der Waals surface area contributed by atoms with Gasteiger partial charge in [0.2, 0.25) is 11.8 Å². The average molecular weight is 313 g/mol. The normalized spacial score (nSPS) is 29.5. The highest BCUT2D eigenvalue weighted by Crippen LogP contribution is 2.49. The monoisotopic (exact) mass is 313 g/mol. The third kappa shape index (κ3) is 2.25. The number of carbonyl (C=O) groups is 3. The molecule has 0 spiro atoms. The molecule has 6 nitrogen and oxygen atoms in total. The Hall–Kier alpha value is -2.21. The number of carbonyl (C=O) groups excluding carboxylic acids is 3. The fourth-order valence-corrected chi connectivity index (χ4v) is 3.85. The van der Waals surface area contributed by atoms with Gasteiger partial charge in [0.1, 0.15) is 6.04 Å². The predicted molar refractivity (Wildman–Crippen MR) is 82.4 cm³/mol. The van der Waals surface area contributed by atoms with Crippen molar-refractivity contribution in [1.82, 2.24) is 10.2 Å². The molecular weight excluding hydrogens is 294 g/mol. The summed E-state index contributed by atoms with van der Waals surface area (Å²) in [6.45, 7) is 1.11. The molecule has 0 radical (unpaired) electrons. The van der Waals surface area contributed by atoms with E-state index in [-0.39, 0.29) is 24.1 Å². The van der Waals surface area contributed by atoms with Crippen LogP contribution in [0.1, 0.15) is 46.7 Å². The summed E-state index contributed by atoms with van der Waals surface area (Å²) in [6.07, 6.45) is 1.75. The lowest BCUT2D eigenvalue weighted by Crippen LogP contribution is -2.52. The third-order valence-electron chi connectivity index (χ3n) is 5.24. The van der Waals surface area contributed by atoms with E-state index < -0.39 is 6.04 Å². The standard InChI is InChI=1S/C17H19N3O3/c18-7-9-6-12(9)10-2-1-3-11-13(10)8-20(17(11)23)14-4-5-15(21)19-16(14)22/h1-3,9,12,14H,4-8,18H2,(H,19,21,22)/t9-,12+,14?/m0/s1. The first-order valence-electron chi connectivity index (χ1n) is 8.06. The molecule has 23 heavy (non-hydrogen) atoms. The largest absolute Gasteiger partial charge is 0.330 e. The number of nitrogens with two attached hydrogens (primary N) is 1. The smallest absolute Gasteiger partial charge is 0.255 e. The highest BCUT2D eigenvalue weighted by atomic mass is 16.2. The van der Waals surface area contributed by atoms with Crippen LogP contribution in [0.25, 0.3) is 0 Å². The maximum absolute atomic E-state index is 12.7. The Morgan fingerprint density at radius 2 is 2.09 bits per heavy atom. The summed E-state index contributed by atoms with van der Waals surface area (Å²) in [5.74, 6) is 0.196. The van der Waals surface area contributed by atoms with Gasteiger partial charge in [-0.1, -0.05) is 12.1 Å². The number of nitrogens with zero attached hydrogens (tertiary/aromatic N) is 1. The molecule has 2 aliphatic heterocycles. The van der Waals surface area contributed by atoms with Crippen molar-refractivity contribution in [3.8, 4) is 0 Å². The van der Waals surface area contributed by atoms with Crippen molar-refractivity contribution in [1.29, 1.82) is 0 Å². The number of piperidine rings is 1. The van der Waals surface area contributed by atoms with Crippen LogP contribution >= 0.6 is 0 Å². The maximum atomic E-state index is 12.7. The fraction of sp³-hybridized carbons (Fsp3) is 0.471. The molecule has 1 aliphatic carbocycles. The maximum Gasteiger partial charge on any atom is 0.255 e. The van der Waals surface area contributed by atoms with Crippen molar-refractivity contribution in [2.75, 3.05) is 6.54 Å². The van der Waals surface area contributed by atoms with E-state index in [1.807, 2.05) is 12.1 Å². The summed E-state index contributed by atoms with van der Waals surface area (Å²) in [6, 6.07) is 5.25. The van der Waals surface area contributed by atoms with E-state index in [2.05, 4.69) is 11.4 Å². The molecule has 2 heterocycles. The van der Waals surface area contributed by atoms with E-state index >= 15 is 0 Å². The first-order valence-corrected chi connectivity index (χ1v) is 8.06. The average Bonchev–Trinajstić information content (AvgIpc) is 3.25. The lowest BCUT2D eigenvalue weighted by molar-refractivity contribution is -0.136. The van der Waals surface area contributed by atoms with Crippen LogP contribution in [0.5, 0.6) is 0 Å². The second kappa shape index (κ2) is 5.16. The SMILES string of the molecule is NC[C@@H]1C[C@H]1c1cccc2c1CN(C1CCC(=O)NC1=O)C2=O. The molecule has 3 amide bonds. The zero-order valence-electron chi connectivity index (χ0n) is 12.7. The molecule has 120 valence electrons. The van der Waals surface area contributed by atoms with E-state index in [0.29, 0.717) is 36.9 Å². The molecule has 1 aromatic rings. The van der Waals surface area contributed by atoms with E-state index in [1.54, 1.807) is 4.90 Å². The summed E-state index contributed by atoms with van der Waals surface area (Å²) in [7, 11) is 0. The third-order valence-corrected chi connectivity index (χ3v) is 5.24. The Balaban J connectivity index is 1.62. The Morgan fingerprint density at radius 1 is 1.26 bits per heavy atom. The quantitative estimate of drug-likeness (QED) is 0.795. The number of imide groups is 1. The van der Waals surface area contributed by atoms with Crippen molar-refractivity contribution in [2.24, 2.45) is 11.7 Å². The van der Waals surface area contributed by atoms with Gasteiger partial charge in [-0.05, 0) is 48.4 Å². The van der Waals surface area contributed by atoms with Gasteiger partial charge in [0.15, 0.2) is 0 Å². The summed E-state index contributed by atoms with van der Waals surface area (Å²) in [5, 5.41) is 2.33. The highest BCUT2D eigenvalue weighted by molar-refractivity contribution is 6.05. The molecule has 1 aromatic carbocycles. The van der Waals surface area contributed by atoms with E-state index in [0.717, 1.165) is 12.0 Å². The summed E-state index contributed by atoms with van der Waals surface area (Å²) in [5.41, 5.74) is 8.66. The molecule has 2 fully saturated rings. The van der Waals surface area contributed by atoms with Crippen molar-refractivity contribution >= 4 is 17.7 Å². The Kier molecular flexibility index (Phi) is 3.23. The highest BCUT2D eigenvalue weighted by Gasteiger charge is 2.43. The Bertz CT molecular complexity index is 715. The van der Waals surface area contributed by atoms with Crippen LogP contribution in [-0.4, -0.2) is 35.2 Å². The topological polar surface area (TPSA) is 92.5 Å². The number of rotatable bonds is 3. The molecule has 3 atom stereocenters. The lowest BCUT2D eigenvalue weighted by Gasteiger charge is -2.29. The number of hydrogen-bond acceptors (Lipinski definition) is 4. The van der Waals surface area contributed by atoms with Gasteiger partial charge in [-0.15, -0.1) is 0 Å². The number of amides is 3.